The van der Waals surface area contributed by atoms with Gasteiger partial charge in [-0.25, -0.2) is 0 Å². The van der Waals surface area contributed by atoms with E-state index in [0.29, 0.717) is 6.54 Å². The normalized spacial score (nSPS) is 30.7. The van der Waals surface area contributed by atoms with E-state index in [1.54, 1.807) is 4.31 Å². The fraction of sp³-hybridized carbons (Fsp3) is 1.00. The molecular weight excluding hydrogens is 274 g/mol. The maximum Gasteiger partial charge on any atom is 0.279 e. The van der Waals surface area contributed by atoms with Crippen molar-refractivity contribution in [2.45, 2.75) is 51.1 Å². The molecule has 2 aliphatic rings. The monoisotopic (exact) mass is 297 g/mol. The highest BCUT2D eigenvalue weighted by atomic mass is 35.5. The fourth-order valence-electron chi connectivity index (χ4n) is 2.66. The first kappa shape index (κ1) is 16.2. The third-order valence-electron chi connectivity index (χ3n) is 3.66. The van der Waals surface area contributed by atoms with Gasteiger partial charge in [-0.2, -0.15) is 17.4 Å². The van der Waals surface area contributed by atoms with Crippen molar-refractivity contribution < 1.29 is 8.42 Å². The maximum atomic E-state index is 12.3. The van der Waals surface area contributed by atoms with Gasteiger partial charge in [0.2, 0.25) is 0 Å². The van der Waals surface area contributed by atoms with Crippen molar-refractivity contribution in [2.24, 2.45) is 0 Å². The molecule has 5 nitrogen and oxygen atoms in total. The average Bonchev–Trinajstić information content (AvgIpc) is 2.30. The summed E-state index contributed by atoms with van der Waals surface area (Å²) in [6.45, 7) is 4.41. The minimum Gasteiger partial charge on any atom is -0.315 e. The Balaban J connectivity index is 0.00000162. The molecule has 0 radical (unpaired) electrons. The maximum absolute atomic E-state index is 12.3. The summed E-state index contributed by atoms with van der Waals surface area (Å²) < 4.78 is 29.0. The second kappa shape index (κ2) is 7.05. The highest BCUT2D eigenvalue weighted by Gasteiger charge is 2.31. The number of rotatable bonds is 3. The van der Waals surface area contributed by atoms with Crippen LogP contribution in [-0.2, 0) is 10.2 Å². The van der Waals surface area contributed by atoms with Gasteiger partial charge in [-0.1, -0.05) is 6.42 Å². The Morgan fingerprint density at radius 3 is 2.61 bits per heavy atom. The number of nitrogens with one attached hydrogen (secondary N) is 2. The highest BCUT2D eigenvalue weighted by molar-refractivity contribution is 7.87. The molecule has 2 saturated heterocycles. The number of hydrogen-bond acceptors (Lipinski definition) is 3. The molecule has 1 unspecified atom stereocenters. The molecule has 2 fully saturated rings. The van der Waals surface area contributed by atoms with Gasteiger partial charge in [-0.15, -0.1) is 12.4 Å². The molecule has 2 N–H and O–H groups in total. The lowest BCUT2D eigenvalue weighted by molar-refractivity contribution is 0.262. The summed E-state index contributed by atoms with van der Waals surface area (Å²) in [4.78, 5) is 0. The molecule has 108 valence electrons. The third kappa shape index (κ3) is 4.06. The van der Waals surface area contributed by atoms with Crippen LogP contribution in [0.5, 0.6) is 0 Å². The molecule has 0 aromatic carbocycles. The van der Waals surface area contributed by atoms with Gasteiger partial charge in [0.05, 0.1) is 0 Å². The van der Waals surface area contributed by atoms with Gasteiger partial charge in [0, 0.05) is 25.2 Å². The highest BCUT2D eigenvalue weighted by Crippen LogP contribution is 2.19. The molecule has 0 bridgehead atoms. The van der Waals surface area contributed by atoms with Crippen LogP contribution in [0, 0.1) is 0 Å². The van der Waals surface area contributed by atoms with Crippen LogP contribution in [0.3, 0.4) is 0 Å². The Bertz CT molecular complexity index is 344. The zero-order valence-electron chi connectivity index (χ0n) is 10.9. The summed E-state index contributed by atoms with van der Waals surface area (Å²) in [5.41, 5.74) is 0. The van der Waals surface area contributed by atoms with Crippen LogP contribution >= 0.6 is 12.4 Å². The fourth-order valence-corrected chi connectivity index (χ4v) is 4.37. The average molecular weight is 298 g/mol. The molecule has 18 heavy (non-hydrogen) atoms. The van der Waals surface area contributed by atoms with E-state index < -0.39 is 10.2 Å². The number of hydrogen-bond donors (Lipinski definition) is 2. The first-order valence-electron chi connectivity index (χ1n) is 6.59. The summed E-state index contributed by atoms with van der Waals surface area (Å²) in [5.74, 6) is 0. The smallest absolute Gasteiger partial charge is 0.279 e. The molecule has 0 saturated carbocycles. The summed E-state index contributed by atoms with van der Waals surface area (Å²) in [6.07, 6.45) is 5.08. The molecule has 2 atom stereocenters. The quantitative estimate of drug-likeness (QED) is 0.812. The molecule has 2 aliphatic heterocycles. The van der Waals surface area contributed by atoms with Crippen LogP contribution in [0.15, 0.2) is 0 Å². The largest absolute Gasteiger partial charge is 0.315 e. The number of piperidine rings is 2. The topological polar surface area (TPSA) is 61.4 Å². The molecule has 7 heteroatoms. The summed E-state index contributed by atoms with van der Waals surface area (Å²) >= 11 is 0. The van der Waals surface area contributed by atoms with Gasteiger partial charge in [-0.05, 0) is 39.2 Å². The standard InChI is InChI=1S/C11H23N3O2S.ClH/c1-10-5-2-3-8-14(10)17(15,16)13-11-6-4-7-12-9-11;/h10-13H,2-9H2,1H3;1H/t10?,11-;/m1./s1. The molecule has 0 aromatic heterocycles. The van der Waals surface area contributed by atoms with Crippen molar-refractivity contribution in [1.29, 1.82) is 0 Å². The van der Waals surface area contributed by atoms with E-state index in [9.17, 15) is 8.42 Å². The van der Waals surface area contributed by atoms with Gasteiger partial charge in [0.1, 0.15) is 0 Å². The van der Waals surface area contributed by atoms with Crippen LogP contribution in [0.1, 0.15) is 39.0 Å². The number of nitrogens with zero attached hydrogens (tertiary/aromatic N) is 1. The van der Waals surface area contributed by atoms with Crippen LogP contribution < -0.4 is 10.0 Å². The first-order valence-corrected chi connectivity index (χ1v) is 8.03. The van der Waals surface area contributed by atoms with E-state index in [1.807, 2.05) is 6.92 Å². The Kier molecular flexibility index (Phi) is 6.34. The molecular formula is C11H24ClN3O2S. The summed E-state index contributed by atoms with van der Waals surface area (Å²) in [7, 11) is -3.29. The van der Waals surface area contributed by atoms with Gasteiger partial charge in [0.25, 0.3) is 10.2 Å². The van der Waals surface area contributed by atoms with E-state index in [1.165, 1.54) is 0 Å². The van der Waals surface area contributed by atoms with Crippen molar-refractivity contribution in [3.8, 4) is 0 Å². The minimum absolute atomic E-state index is 0. The van der Waals surface area contributed by atoms with E-state index >= 15 is 0 Å². The first-order chi connectivity index (χ1) is 8.09. The van der Waals surface area contributed by atoms with Gasteiger partial charge in [0.15, 0.2) is 0 Å². The Labute approximate surface area is 116 Å². The zero-order chi connectivity index (χ0) is 12.3. The lowest BCUT2D eigenvalue weighted by Crippen LogP contribution is -2.53. The van der Waals surface area contributed by atoms with Gasteiger partial charge in [-0.3, -0.25) is 0 Å². The van der Waals surface area contributed by atoms with Crippen LogP contribution in [0.4, 0.5) is 0 Å². The van der Waals surface area contributed by atoms with Crippen molar-refractivity contribution in [3.63, 3.8) is 0 Å². The van der Waals surface area contributed by atoms with Gasteiger partial charge < -0.3 is 5.32 Å². The van der Waals surface area contributed by atoms with Crippen molar-refractivity contribution in [2.75, 3.05) is 19.6 Å². The molecule has 2 heterocycles. The van der Waals surface area contributed by atoms with E-state index in [4.69, 9.17) is 0 Å². The second-order valence-electron chi connectivity index (χ2n) is 5.12. The van der Waals surface area contributed by atoms with Crippen LogP contribution in [0.25, 0.3) is 0 Å². The molecule has 0 amide bonds. The van der Waals surface area contributed by atoms with E-state index in [-0.39, 0.29) is 24.5 Å². The van der Waals surface area contributed by atoms with Crippen LogP contribution in [0.2, 0.25) is 0 Å². The Morgan fingerprint density at radius 1 is 1.22 bits per heavy atom. The Hall–Kier alpha value is 0.120. The van der Waals surface area contributed by atoms with Crippen molar-refractivity contribution >= 4 is 22.6 Å². The minimum atomic E-state index is -3.29. The van der Waals surface area contributed by atoms with Crippen LogP contribution in [-0.4, -0.2) is 44.4 Å². The third-order valence-corrected chi connectivity index (χ3v) is 5.45. The Morgan fingerprint density at radius 2 is 2.00 bits per heavy atom. The van der Waals surface area contributed by atoms with E-state index in [0.717, 1.165) is 45.2 Å². The molecule has 0 aliphatic carbocycles. The zero-order valence-corrected chi connectivity index (χ0v) is 12.5. The lowest BCUT2D eigenvalue weighted by Gasteiger charge is -2.34. The summed E-state index contributed by atoms with van der Waals surface area (Å²) in [6, 6.07) is 0.195. The lowest BCUT2D eigenvalue weighted by atomic mass is 10.1. The summed E-state index contributed by atoms with van der Waals surface area (Å²) in [5, 5.41) is 3.23. The predicted molar refractivity (Wildman–Crippen MR) is 75.2 cm³/mol. The van der Waals surface area contributed by atoms with Crippen molar-refractivity contribution in [1.82, 2.24) is 14.3 Å². The SMILES string of the molecule is CC1CCCCN1S(=O)(=O)N[C@@H]1CCCNC1.Cl. The van der Waals surface area contributed by atoms with E-state index in [2.05, 4.69) is 10.0 Å². The second-order valence-corrected chi connectivity index (χ2v) is 6.78. The predicted octanol–water partition coefficient (Wildman–Crippen LogP) is 0.869. The van der Waals surface area contributed by atoms with Crippen molar-refractivity contribution in [3.05, 3.63) is 0 Å². The number of halogens is 1. The molecule has 0 aromatic rings. The molecule has 0 spiro atoms. The molecule has 2 rings (SSSR count). The van der Waals surface area contributed by atoms with Gasteiger partial charge >= 0.3 is 0 Å².